The van der Waals surface area contributed by atoms with Crippen molar-refractivity contribution in [1.29, 1.82) is 0 Å². The summed E-state index contributed by atoms with van der Waals surface area (Å²) in [5.41, 5.74) is 7.86. The number of piperidine rings is 1. The molecule has 6 rings (SSSR count). The Balaban J connectivity index is 1.43. The molecule has 0 radical (unpaired) electrons. The van der Waals surface area contributed by atoms with Crippen molar-refractivity contribution in [3.05, 3.63) is 78.4 Å². The summed E-state index contributed by atoms with van der Waals surface area (Å²) in [4.78, 5) is 36.3. The number of pyridine rings is 1. The molecule has 10 nitrogen and oxygen atoms in total. The molecule has 0 aliphatic carbocycles. The van der Waals surface area contributed by atoms with Crippen LogP contribution in [0.2, 0.25) is 0 Å². The zero-order valence-electron chi connectivity index (χ0n) is 25.5. The minimum Gasteiger partial charge on any atom is -0.444 e. The van der Waals surface area contributed by atoms with Gasteiger partial charge in [0.1, 0.15) is 22.9 Å². The molecule has 2 aromatic carbocycles. The quantitative estimate of drug-likeness (QED) is 0.220. The minimum absolute atomic E-state index is 0.109. The number of benzene rings is 2. The second-order valence-corrected chi connectivity index (χ2v) is 13.2. The third-order valence-corrected chi connectivity index (χ3v) is 8.70. The molecule has 1 aliphatic rings. The standard InChI is InChI=1S/C33H34FN7O3S/c1-33(2,3)44-32(43)40-14-6-9-23(18-40)41(31(42)24-11-10-20(16-26(24)34)27-19-39(4)38-37-27)30-25-17-29(45-28(25)12-13-36-30)21-7-5-8-22(35)15-21/h5,7-8,10-13,15-17,19,23H,6,9,14,18,35H2,1-4H3/t23-/m1/s1. The molecule has 1 aliphatic heterocycles. The molecule has 0 saturated carbocycles. The Hall–Kier alpha value is -4.84. The van der Waals surface area contributed by atoms with Crippen LogP contribution >= 0.6 is 11.3 Å². The maximum Gasteiger partial charge on any atom is 0.410 e. The number of nitrogens with two attached hydrogens (primary N) is 1. The molecular weight excluding hydrogens is 593 g/mol. The van der Waals surface area contributed by atoms with Crippen LogP contribution in [-0.4, -0.2) is 61.6 Å². The van der Waals surface area contributed by atoms with E-state index in [4.69, 9.17) is 10.5 Å². The van der Waals surface area contributed by atoms with Gasteiger partial charge in [0.15, 0.2) is 0 Å². The van der Waals surface area contributed by atoms with Crippen LogP contribution in [0.25, 0.3) is 31.8 Å². The van der Waals surface area contributed by atoms with Gasteiger partial charge in [-0.25, -0.2) is 14.2 Å². The van der Waals surface area contributed by atoms with Crippen LogP contribution in [0.4, 0.5) is 20.7 Å². The number of ether oxygens (including phenoxy) is 1. The fourth-order valence-electron chi connectivity index (χ4n) is 5.52. The van der Waals surface area contributed by atoms with Crippen LogP contribution in [0.3, 0.4) is 0 Å². The van der Waals surface area contributed by atoms with Crippen molar-refractivity contribution in [2.24, 2.45) is 7.05 Å². The van der Waals surface area contributed by atoms with Crippen LogP contribution < -0.4 is 10.6 Å². The number of carbonyl (C=O) groups is 2. The summed E-state index contributed by atoms with van der Waals surface area (Å²) >= 11 is 1.55. The van der Waals surface area contributed by atoms with Crippen LogP contribution in [0.5, 0.6) is 0 Å². The Morgan fingerprint density at radius 2 is 1.93 bits per heavy atom. The van der Waals surface area contributed by atoms with Gasteiger partial charge >= 0.3 is 6.09 Å². The lowest BCUT2D eigenvalue weighted by molar-refractivity contribution is 0.0196. The van der Waals surface area contributed by atoms with Crippen molar-refractivity contribution < 1.29 is 18.7 Å². The summed E-state index contributed by atoms with van der Waals surface area (Å²) in [5.74, 6) is -0.839. The Morgan fingerprint density at radius 3 is 2.64 bits per heavy atom. The van der Waals surface area contributed by atoms with E-state index in [1.807, 2.05) is 57.2 Å². The van der Waals surface area contributed by atoms with E-state index in [0.717, 1.165) is 20.5 Å². The number of amides is 2. The van der Waals surface area contributed by atoms with E-state index in [9.17, 15) is 9.59 Å². The number of aryl methyl sites for hydroxylation is 1. The van der Waals surface area contributed by atoms with E-state index >= 15 is 4.39 Å². The van der Waals surface area contributed by atoms with Crippen molar-refractivity contribution in [3.63, 3.8) is 0 Å². The van der Waals surface area contributed by atoms with E-state index in [1.165, 1.54) is 16.8 Å². The van der Waals surface area contributed by atoms with Gasteiger partial charge in [-0.05, 0) is 75.6 Å². The maximum atomic E-state index is 15.8. The number of hydrogen-bond donors (Lipinski definition) is 1. The van der Waals surface area contributed by atoms with E-state index < -0.39 is 29.5 Å². The first kappa shape index (κ1) is 30.2. The first-order chi connectivity index (χ1) is 21.5. The summed E-state index contributed by atoms with van der Waals surface area (Å²) in [6.07, 6.45) is 4.10. The summed E-state index contributed by atoms with van der Waals surface area (Å²) in [6.45, 7) is 6.15. The largest absolute Gasteiger partial charge is 0.444 e. The lowest BCUT2D eigenvalue weighted by Gasteiger charge is -2.39. The molecule has 2 amide bonds. The highest BCUT2D eigenvalue weighted by molar-refractivity contribution is 7.22. The third-order valence-electron chi connectivity index (χ3n) is 7.55. The second kappa shape index (κ2) is 11.9. The van der Waals surface area contributed by atoms with Gasteiger partial charge in [-0.15, -0.1) is 16.4 Å². The smallest absolute Gasteiger partial charge is 0.410 e. The monoisotopic (exact) mass is 627 g/mol. The SMILES string of the molecule is Cn1cc(-c2ccc(C(=O)N(c3nccc4sc(-c5cccc(N)c5)cc34)[C@@H]3CCCN(C(=O)OC(C)(C)C)C3)c(F)c2)nn1. The van der Waals surface area contributed by atoms with Crippen LogP contribution in [0, 0.1) is 5.82 Å². The Labute approximate surface area is 264 Å². The van der Waals surface area contributed by atoms with Gasteiger partial charge in [0.05, 0.1) is 17.8 Å². The normalized spacial score (nSPS) is 15.3. The van der Waals surface area contributed by atoms with Gasteiger partial charge in [-0.3, -0.25) is 14.4 Å². The van der Waals surface area contributed by atoms with E-state index in [-0.39, 0.29) is 12.1 Å². The van der Waals surface area contributed by atoms with E-state index in [1.54, 1.807) is 46.6 Å². The molecule has 232 valence electrons. The minimum atomic E-state index is -0.689. The molecule has 1 saturated heterocycles. The zero-order valence-corrected chi connectivity index (χ0v) is 26.3. The Kier molecular flexibility index (Phi) is 8.00. The van der Waals surface area contributed by atoms with Crippen molar-refractivity contribution in [2.45, 2.75) is 45.3 Å². The summed E-state index contributed by atoms with van der Waals surface area (Å²) < 4.78 is 23.9. The van der Waals surface area contributed by atoms with Crippen molar-refractivity contribution in [3.8, 4) is 21.7 Å². The third kappa shape index (κ3) is 6.37. The first-order valence-corrected chi connectivity index (χ1v) is 15.5. The zero-order chi connectivity index (χ0) is 31.9. The molecule has 5 aromatic rings. The predicted octanol–water partition coefficient (Wildman–Crippen LogP) is 6.53. The van der Waals surface area contributed by atoms with Gasteiger partial charge in [0.25, 0.3) is 5.91 Å². The lowest BCUT2D eigenvalue weighted by atomic mass is 10.0. The molecule has 0 unspecified atom stereocenters. The average Bonchev–Trinajstić information content (AvgIpc) is 3.63. The van der Waals surface area contributed by atoms with Crippen LogP contribution in [-0.2, 0) is 11.8 Å². The molecule has 12 heteroatoms. The van der Waals surface area contributed by atoms with Crippen molar-refractivity contribution in [2.75, 3.05) is 23.7 Å². The van der Waals surface area contributed by atoms with Crippen LogP contribution in [0.15, 0.2) is 67.0 Å². The van der Waals surface area contributed by atoms with Crippen molar-refractivity contribution >= 4 is 44.9 Å². The summed E-state index contributed by atoms with van der Waals surface area (Å²) in [5, 5.41) is 8.73. The fourth-order valence-corrected chi connectivity index (χ4v) is 6.57. The molecule has 1 atom stereocenters. The fraction of sp³-hybridized carbons (Fsp3) is 0.303. The number of rotatable bonds is 5. The highest BCUT2D eigenvalue weighted by atomic mass is 32.1. The van der Waals surface area contributed by atoms with Crippen LogP contribution in [0.1, 0.15) is 44.0 Å². The number of anilines is 2. The number of likely N-dealkylation sites (tertiary alicyclic amines) is 1. The second-order valence-electron chi connectivity index (χ2n) is 12.2. The lowest BCUT2D eigenvalue weighted by Crippen LogP contribution is -2.53. The van der Waals surface area contributed by atoms with Gasteiger partial charge in [0.2, 0.25) is 0 Å². The Morgan fingerprint density at radius 1 is 1.11 bits per heavy atom. The summed E-state index contributed by atoms with van der Waals surface area (Å²) in [6, 6.07) is 15.4. The molecule has 4 heterocycles. The van der Waals surface area contributed by atoms with E-state index in [0.29, 0.717) is 42.1 Å². The number of aromatic nitrogens is 4. The highest BCUT2D eigenvalue weighted by Gasteiger charge is 2.36. The number of hydrogen-bond acceptors (Lipinski definition) is 8. The molecule has 3 aromatic heterocycles. The number of halogens is 1. The maximum absolute atomic E-state index is 15.8. The number of carbonyl (C=O) groups excluding carboxylic acids is 2. The molecule has 2 N–H and O–H groups in total. The number of thiophene rings is 1. The summed E-state index contributed by atoms with van der Waals surface area (Å²) in [7, 11) is 1.73. The Bertz CT molecular complexity index is 1900. The van der Waals surface area contributed by atoms with E-state index in [2.05, 4.69) is 15.3 Å². The number of nitrogen functional groups attached to an aromatic ring is 1. The van der Waals surface area contributed by atoms with Gasteiger partial charge in [-0.2, -0.15) is 0 Å². The van der Waals surface area contributed by atoms with Gasteiger partial charge < -0.3 is 15.4 Å². The molecule has 0 spiro atoms. The first-order valence-electron chi connectivity index (χ1n) is 14.7. The topological polar surface area (TPSA) is 119 Å². The molecule has 0 bridgehead atoms. The number of nitrogens with zero attached hydrogens (tertiary/aromatic N) is 6. The number of fused-ring (bicyclic) bond motifs is 1. The molecule has 1 fully saturated rings. The van der Waals surface area contributed by atoms with Gasteiger partial charge in [-0.1, -0.05) is 23.4 Å². The van der Waals surface area contributed by atoms with Crippen molar-refractivity contribution in [1.82, 2.24) is 24.9 Å². The predicted molar refractivity (Wildman–Crippen MR) is 174 cm³/mol. The highest BCUT2D eigenvalue weighted by Crippen LogP contribution is 2.39. The average molecular weight is 628 g/mol. The van der Waals surface area contributed by atoms with Gasteiger partial charge in [0, 0.05) is 52.5 Å². The molecule has 45 heavy (non-hydrogen) atoms. The molecular formula is C33H34FN7O3S.